The molecule has 0 aromatic heterocycles. The molecule has 1 aliphatic rings. The fraction of sp³-hybridized carbons (Fsp3) is 0.571. The van der Waals surface area contributed by atoms with Crippen LogP contribution in [0.15, 0.2) is 24.3 Å². The summed E-state index contributed by atoms with van der Waals surface area (Å²) in [6, 6.07) is 8.36. The molecule has 0 saturated heterocycles. The van der Waals surface area contributed by atoms with E-state index in [9.17, 15) is 13.2 Å². The normalized spacial score (nSPS) is 17.0. The van der Waals surface area contributed by atoms with Crippen LogP contribution in [0.2, 0.25) is 0 Å². The average molecular weight is 272 g/mol. The predicted molar refractivity (Wildman–Crippen MR) is 69.2 cm³/mol. The number of nitrogens with one attached hydrogen (secondary N) is 1. The summed E-state index contributed by atoms with van der Waals surface area (Å²) in [4.78, 5) is 2.23. The molecule has 0 spiro atoms. The van der Waals surface area contributed by atoms with E-state index in [1.165, 1.54) is 11.1 Å². The van der Waals surface area contributed by atoms with Crippen LogP contribution in [0.25, 0.3) is 0 Å². The zero-order valence-electron chi connectivity index (χ0n) is 10.8. The third kappa shape index (κ3) is 4.84. The third-order valence-electron chi connectivity index (χ3n) is 3.44. The van der Waals surface area contributed by atoms with Gasteiger partial charge in [0, 0.05) is 26.2 Å². The van der Waals surface area contributed by atoms with Crippen molar-refractivity contribution in [1.29, 1.82) is 0 Å². The minimum atomic E-state index is -4.12. The minimum absolute atomic E-state index is 0.385. The zero-order valence-corrected chi connectivity index (χ0v) is 10.8. The molecule has 2 nitrogen and oxygen atoms in total. The summed E-state index contributed by atoms with van der Waals surface area (Å²) in [7, 11) is 0. The van der Waals surface area contributed by atoms with Crippen molar-refractivity contribution in [3.63, 3.8) is 0 Å². The van der Waals surface area contributed by atoms with Gasteiger partial charge in [0.25, 0.3) is 0 Å². The standard InChI is InChI=1S/C14H19F3N2/c15-14(16,17)11-18-7-10-19-8-5-12-3-1-2-4-13(12)6-9-19/h1-4,18H,5-11H2. The third-order valence-corrected chi connectivity index (χ3v) is 3.44. The topological polar surface area (TPSA) is 15.3 Å². The molecule has 0 aliphatic carbocycles. The zero-order chi connectivity index (χ0) is 13.7. The summed E-state index contributed by atoms with van der Waals surface area (Å²) in [6.45, 7) is 2.00. The van der Waals surface area contributed by atoms with Crippen molar-refractivity contribution >= 4 is 0 Å². The van der Waals surface area contributed by atoms with Crippen LogP contribution in [-0.4, -0.2) is 43.8 Å². The summed E-state index contributed by atoms with van der Waals surface area (Å²) >= 11 is 0. The van der Waals surface area contributed by atoms with E-state index in [2.05, 4.69) is 22.3 Å². The molecular weight excluding hydrogens is 253 g/mol. The van der Waals surface area contributed by atoms with Gasteiger partial charge in [-0.25, -0.2) is 0 Å². The molecule has 0 saturated carbocycles. The molecule has 1 aromatic carbocycles. The van der Waals surface area contributed by atoms with Gasteiger partial charge in [-0.15, -0.1) is 0 Å². The van der Waals surface area contributed by atoms with E-state index in [1.54, 1.807) is 0 Å². The van der Waals surface area contributed by atoms with Crippen LogP contribution in [0.3, 0.4) is 0 Å². The Kier molecular flexibility index (Phi) is 4.82. The molecule has 1 heterocycles. The number of rotatable bonds is 4. The molecule has 0 atom stereocenters. The van der Waals surface area contributed by atoms with Gasteiger partial charge in [0.15, 0.2) is 0 Å². The molecule has 0 fully saturated rings. The number of alkyl halides is 3. The second kappa shape index (κ2) is 6.39. The largest absolute Gasteiger partial charge is 0.401 e. The number of nitrogens with zero attached hydrogens (tertiary/aromatic N) is 1. The fourth-order valence-electron chi connectivity index (χ4n) is 2.41. The first-order chi connectivity index (χ1) is 9.04. The summed E-state index contributed by atoms with van der Waals surface area (Å²) in [5.74, 6) is 0. The lowest BCUT2D eigenvalue weighted by Gasteiger charge is -2.20. The van der Waals surface area contributed by atoms with E-state index in [0.717, 1.165) is 25.9 Å². The van der Waals surface area contributed by atoms with E-state index in [1.807, 2.05) is 12.1 Å². The lowest BCUT2D eigenvalue weighted by molar-refractivity contribution is -0.124. The Morgan fingerprint density at radius 3 is 2.16 bits per heavy atom. The molecule has 0 unspecified atom stereocenters. The highest BCUT2D eigenvalue weighted by Gasteiger charge is 2.26. The van der Waals surface area contributed by atoms with Crippen molar-refractivity contribution in [2.45, 2.75) is 19.0 Å². The number of halogens is 3. The van der Waals surface area contributed by atoms with Crippen LogP contribution >= 0.6 is 0 Å². The number of benzene rings is 1. The molecule has 0 amide bonds. The van der Waals surface area contributed by atoms with E-state index in [-0.39, 0.29) is 0 Å². The summed E-state index contributed by atoms with van der Waals surface area (Å²) in [5.41, 5.74) is 2.74. The molecule has 19 heavy (non-hydrogen) atoms. The van der Waals surface area contributed by atoms with Gasteiger partial charge in [-0.2, -0.15) is 13.2 Å². The first-order valence-corrected chi connectivity index (χ1v) is 6.61. The van der Waals surface area contributed by atoms with Crippen LogP contribution < -0.4 is 5.32 Å². The predicted octanol–water partition coefficient (Wildman–Crippen LogP) is 2.24. The van der Waals surface area contributed by atoms with Crippen molar-refractivity contribution < 1.29 is 13.2 Å². The number of fused-ring (bicyclic) bond motifs is 1. The van der Waals surface area contributed by atoms with Gasteiger partial charge in [-0.05, 0) is 24.0 Å². The average Bonchev–Trinajstić information content (AvgIpc) is 2.56. The highest BCUT2D eigenvalue weighted by molar-refractivity contribution is 5.28. The minimum Gasteiger partial charge on any atom is -0.307 e. The first kappa shape index (κ1) is 14.3. The lowest BCUT2D eigenvalue weighted by Crippen LogP contribution is -2.37. The molecule has 2 rings (SSSR count). The molecule has 106 valence electrons. The Morgan fingerprint density at radius 1 is 1.05 bits per heavy atom. The number of hydrogen-bond donors (Lipinski definition) is 1. The molecule has 0 radical (unpaired) electrons. The molecule has 0 bridgehead atoms. The molecule has 1 aliphatic heterocycles. The Hall–Kier alpha value is -1.07. The smallest absolute Gasteiger partial charge is 0.307 e. The van der Waals surface area contributed by atoms with E-state index >= 15 is 0 Å². The highest BCUT2D eigenvalue weighted by Crippen LogP contribution is 2.15. The summed E-state index contributed by atoms with van der Waals surface area (Å²) < 4.78 is 36.0. The fourth-order valence-corrected chi connectivity index (χ4v) is 2.41. The van der Waals surface area contributed by atoms with Crippen LogP contribution in [-0.2, 0) is 12.8 Å². The van der Waals surface area contributed by atoms with Crippen molar-refractivity contribution in [3.8, 4) is 0 Å². The van der Waals surface area contributed by atoms with Crippen LogP contribution in [0.5, 0.6) is 0 Å². The summed E-state index contributed by atoms with van der Waals surface area (Å²) in [6.07, 6.45) is -2.15. The van der Waals surface area contributed by atoms with Gasteiger partial charge < -0.3 is 10.2 Å². The Morgan fingerprint density at radius 2 is 1.63 bits per heavy atom. The SMILES string of the molecule is FC(F)(F)CNCCN1CCc2ccccc2CC1. The second-order valence-electron chi connectivity index (χ2n) is 4.90. The monoisotopic (exact) mass is 272 g/mol. The van der Waals surface area contributed by atoms with Gasteiger partial charge >= 0.3 is 6.18 Å². The van der Waals surface area contributed by atoms with Crippen molar-refractivity contribution in [2.24, 2.45) is 0 Å². The van der Waals surface area contributed by atoms with E-state index < -0.39 is 12.7 Å². The maximum atomic E-state index is 12.0. The van der Waals surface area contributed by atoms with Crippen LogP contribution in [0.1, 0.15) is 11.1 Å². The van der Waals surface area contributed by atoms with Crippen molar-refractivity contribution in [1.82, 2.24) is 10.2 Å². The Balaban J connectivity index is 1.73. The van der Waals surface area contributed by atoms with Gasteiger partial charge in [0.05, 0.1) is 6.54 Å². The molecular formula is C14H19F3N2. The van der Waals surface area contributed by atoms with Gasteiger partial charge in [-0.3, -0.25) is 0 Å². The summed E-state index contributed by atoms with van der Waals surface area (Å²) in [5, 5.41) is 2.45. The molecule has 1 N–H and O–H groups in total. The molecule has 5 heteroatoms. The van der Waals surface area contributed by atoms with Crippen LogP contribution in [0.4, 0.5) is 13.2 Å². The second-order valence-corrected chi connectivity index (χ2v) is 4.90. The van der Waals surface area contributed by atoms with Crippen molar-refractivity contribution in [3.05, 3.63) is 35.4 Å². The number of hydrogen-bond acceptors (Lipinski definition) is 2. The first-order valence-electron chi connectivity index (χ1n) is 6.61. The van der Waals surface area contributed by atoms with Gasteiger partial charge in [-0.1, -0.05) is 24.3 Å². The van der Waals surface area contributed by atoms with E-state index in [0.29, 0.717) is 13.1 Å². The Bertz CT molecular complexity index is 377. The maximum Gasteiger partial charge on any atom is 0.401 e. The van der Waals surface area contributed by atoms with Crippen molar-refractivity contribution in [2.75, 3.05) is 32.7 Å². The quantitative estimate of drug-likeness (QED) is 0.846. The lowest BCUT2D eigenvalue weighted by atomic mass is 10.0. The van der Waals surface area contributed by atoms with Crippen LogP contribution in [0, 0.1) is 0 Å². The molecule has 1 aromatic rings. The van der Waals surface area contributed by atoms with Gasteiger partial charge in [0.1, 0.15) is 0 Å². The van der Waals surface area contributed by atoms with E-state index in [4.69, 9.17) is 0 Å². The van der Waals surface area contributed by atoms with Gasteiger partial charge in [0.2, 0.25) is 0 Å². The highest BCUT2D eigenvalue weighted by atomic mass is 19.4. The Labute approximate surface area is 111 Å². The maximum absolute atomic E-state index is 12.0.